The largest absolute Gasteiger partial charge is 0.455 e. The lowest BCUT2D eigenvalue weighted by Crippen LogP contribution is -2.33. The number of amides is 1. The number of likely N-dealkylation sites (tertiary alicyclic amines) is 1. The molecule has 2 aromatic carbocycles. The highest BCUT2D eigenvalue weighted by Crippen LogP contribution is 2.29. The van der Waals surface area contributed by atoms with E-state index in [9.17, 15) is 4.79 Å². The summed E-state index contributed by atoms with van der Waals surface area (Å²) in [6.07, 6.45) is 3.31. The van der Waals surface area contributed by atoms with E-state index in [1.165, 1.54) is 19.3 Å². The summed E-state index contributed by atoms with van der Waals surface area (Å²) in [5.41, 5.74) is 0.592. The number of piperidine rings is 1. The molecule has 5 nitrogen and oxygen atoms in total. The first kappa shape index (κ1) is 20.1. The van der Waals surface area contributed by atoms with Crippen LogP contribution in [0.1, 0.15) is 19.3 Å². The Bertz CT molecular complexity index is 676. The van der Waals surface area contributed by atoms with E-state index >= 15 is 0 Å². The molecule has 0 saturated carbocycles. The van der Waals surface area contributed by atoms with Crippen molar-refractivity contribution in [1.29, 1.82) is 0 Å². The number of nitrogens with zero attached hydrogens (tertiary/aromatic N) is 1. The van der Waals surface area contributed by atoms with Gasteiger partial charge in [0.1, 0.15) is 12.4 Å². The molecule has 0 atom stereocenters. The van der Waals surface area contributed by atoms with E-state index < -0.39 is 6.09 Å². The number of halogens is 1. The quantitative estimate of drug-likeness (QED) is 0.776. The van der Waals surface area contributed by atoms with Crippen molar-refractivity contribution in [3.05, 3.63) is 54.6 Å². The molecule has 0 aromatic heterocycles. The highest BCUT2D eigenvalue weighted by Gasteiger charge is 2.12. The molecule has 26 heavy (non-hydrogen) atoms. The van der Waals surface area contributed by atoms with Gasteiger partial charge in [0, 0.05) is 6.54 Å². The zero-order valence-corrected chi connectivity index (χ0v) is 15.5. The minimum absolute atomic E-state index is 0. The van der Waals surface area contributed by atoms with Gasteiger partial charge in [0.15, 0.2) is 5.75 Å². The summed E-state index contributed by atoms with van der Waals surface area (Å²) in [6.45, 7) is 3.38. The number of carbonyl (C=O) groups is 1. The molecule has 0 unspecified atom stereocenters. The maximum absolute atomic E-state index is 12.1. The molecule has 3 rings (SSSR count). The molecule has 1 fully saturated rings. The van der Waals surface area contributed by atoms with Gasteiger partial charge >= 0.3 is 6.09 Å². The van der Waals surface area contributed by atoms with Crippen molar-refractivity contribution in [2.75, 3.05) is 31.6 Å². The molecule has 2 aromatic rings. The predicted octanol–water partition coefficient (Wildman–Crippen LogP) is 4.94. The highest BCUT2D eigenvalue weighted by molar-refractivity contribution is 5.86. The van der Waals surface area contributed by atoms with Crippen LogP contribution < -0.4 is 10.1 Å². The molecule has 1 amide bonds. The van der Waals surface area contributed by atoms with Gasteiger partial charge in [0.25, 0.3) is 0 Å². The SMILES string of the molecule is Cl.O=C(Nc1ccccc1Oc1ccccc1)OCCN1CCCCC1. The number of hydrogen-bond acceptors (Lipinski definition) is 4. The van der Waals surface area contributed by atoms with Crippen molar-refractivity contribution in [3.8, 4) is 11.5 Å². The van der Waals surface area contributed by atoms with Crippen LogP contribution >= 0.6 is 12.4 Å². The molecule has 1 saturated heterocycles. The van der Waals surface area contributed by atoms with Crippen LogP contribution in [0.25, 0.3) is 0 Å². The van der Waals surface area contributed by atoms with Gasteiger partial charge in [-0.2, -0.15) is 0 Å². The van der Waals surface area contributed by atoms with Crippen molar-refractivity contribution in [2.45, 2.75) is 19.3 Å². The van der Waals surface area contributed by atoms with Gasteiger partial charge in [-0.1, -0.05) is 36.8 Å². The third-order valence-corrected chi connectivity index (χ3v) is 4.18. The topological polar surface area (TPSA) is 50.8 Å². The van der Waals surface area contributed by atoms with Crippen LogP contribution in [0.5, 0.6) is 11.5 Å². The molecular weight excluding hydrogens is 352 g/mol. The fraction of sp³-hybridized carbons (Fsp3) is 0.350. The summed E-state index contributed by atoms with van der Waals surface area (Å²) in [5, 5.41) is 2.76. The lowest BCUT2D eigenvalue weighted by molar-refractivity contribution is 0.131. The molecule has 140 valence electrons. The lowest BCUT2D eigenvalue weighted by Gasteiger charge is -2.25. The maximum Gasteiger partial charge on any atom is 0.411 e. The monoisotopic (exact) mass is 376 g/mol. The van der Waals surface area contributed by atoms with Crippen LogP contribution in [-0.2, 0) is 4.74 Å². The minimum Gasteiger partial charge on any atom is -0.455 e. The van der Waals surface area contributed by atoms with Crippen LogP contribution in [0.3, 0.4) is 0 Å². The Labute approximate surface area is 160 Å². The zero-order valence-electron chi connectivity index (χ0n) is 14.7. The van der Waals surface area contributed by atoms with Crippen molar-refractivity contribution in [2.24, 2.45) is 0 Å². The van der Waals surface area contributed by atoms with E-state index in [4.69, 9.17) is 9.47 Å². The van der Waals surface area contributed by atoms with E-state index in [2.05, 4.69) is 10.2 Å². The number of carbonyl (C=O) groups excluding carboxylic acids is 1. The van der Waals surface area contributed by atoms with E-state index in [0.29, 0.717) is 18.0 Å². The second kappa shape index (κ2) is 10.7. The smallest absolute Gasteiger partial charge is 0.411 e. The third-order valence-electron chi connectivity index (χ3n) is 4.18. The van der Waals surface area contributed by atoms with Crippen LogP contribution in [0.15, 0.2) is 54.6 Å². The van der Waals surface area contributed by atoms with E-state index in [0.717, 1.165) is 25.4 Å². The average molecular weight is 377 g/mol. The fourth-order valence-corrected chi connectivity index (χ4v) is 2.87. The van der Waals surface area contributed by atoms with Crippen molar-refractivity contribution >= 4 is 24.2 Å². The first-order chi connectivity index (χ1) is 12.3. The number of nitrogens with one attached hydrogen (secondary N) is 1. The number of rotatable bonds is 6. The van der Waals surface area contributed by atoms with Crippen molar-refractivity contribution in [3.63, 3.8) is 0 Å². The number of anilines is 1. The summed E-state index contributed by atoms with van der Waals surface area (Å²) < 4.78 is 11.1. The van der Waals surface area contributed by atoms with Crippen molar-refractivity contribution in [1.82, 2.24) is 4.90 Å². The van der Waals surface area contributed by atoms with E-state index in [-0.39, 0.29) is 12.4 Å². The predicted molar refractivity (Wildman–Crippen MR) is 105 cm³/mol. The average Bonchev–Trinajstić information content (AvgIpc) is 2.65. The Morgan fingerprint density at radius 1 is 0.962 bits per heavy atom. The van der Waals surface area contributed by atoms with E-state index in [1.807, 2.05) is 48.5 Å². The number of ether oxygens (including phenoxy) is 2. The van der Waals surface area contributed by atoms with Gasteiger partial charge in [-0.25, -0.2) is 4.79 Å². The first-order valence-electron chi connectivity index (χ1n) is 8.79. The van der Waals surface area contributed by atoms with Crippen LogP contribution in [0.2, 0.25) is 0 Å². The Kier molecular flexibility index (Phi) is 8.25. The molecule has 0 spiro atoms. The molecule has 0 bridgehead atoms. The van der Waals surface area contributed by atoms with Gasteiger partial charge in [0.05, 0.1) is 5.69 Å². The second-order valence-corrected chi connectivity index (χ2v) is 6.07. The Morgan fingerprint density at radius 2 is 1.65 bits per heavy atom. The molecule has 1 aliphatic heterocycles. The summed E-state index contributed by atoms with van der Waals surface area (Å²) in [5.74, 6) is 1.30. The Morgan fingerprint density at radius 3 is 2.42 bits per heavy atom. The second-order valence-electron chi connectivity index (χ2n) is 6.07. The highest BCUT2D eigenvalue weighted by atomic mass is 35.5. The molecule has 0 radical (unpaired) electrons. The minimum atomic E-state index is -0.457. The Hall–Kier alpha value is -2.24. The van der Waals surface area contributed by atoms with Crippen LogP contribution in [0, 0.1) is 0 Å². The Balaban J connectivity index is 0.00000243. The number of hydrogen-bond donors (Lipinski definition) is 1. The summed E-state index contributed by atoms with van der Waals surface area (Å²) in [7, 11) is 0. The number of benzene rings is 2. The maximum atomic E-state index is 12.1. The molecule has 1 N–H and O–H groups in total. The number of para-hydroxylation sites is 3. The summed E-state index contributed by atoms with van der Waals surface area (Å²) in [6, 6.07) is 16.8. The van der Waals surface area contributed by atoms with Gasteiger partial charge in [-0.15, -0.1) is 12.4 Å². The van der Waals surface area contributed by atoms with Gasteiger partial charge in [-0.3, -0.25) is 10.2 Å². The molecule has 6 heteroatoms. The summed E-state index contributed by atoms with van der Waals surface area (Å²) in [4.78, 5) is 14.4. The van der Waals surface area contributed by atoms with E-state index in [1.54, 1.807) is 6.07 Å². The molecule has 0 aliphatic carbocycles. The molecular formula is C20H25ClN2O3. The fourth-order valence-electron chi connectivity index (χ4n) is 2.87. The van der Waals surface area contributed by atoms with Gasteiger partial charge in [-0.05, 0) is 50.2 Å². The normalized spacial score (nSPS) is 14.2. The van der Waals surface area contributed by atoms with Crippen LogP contribution in [0.4, 0.5) is 10.5 Å². The molecule has 1 heterocycles. The first-order valence-corrected chi connectivity index (χ1v) is 8.79. The third kappa shape index (κ3) is 6.24. The molecule has 1 aliphatic rings. The zero-order chi connectivity index (χ0) is 17.3. The van der Waals surface area contributed by atoms with Gasteiger partial charge < -0.3 is 9.47 Å². The van der Waals surface area contributed by atoms with Crippen LogP contribution in [-0.4, -0.2) is 37.2 Å². The standard InChI is InChI=1S/C20H24N2O3.ClH/c23-20(24-16-15-22-13-7-2-8-14-22)21-18-11-5-6-12-19(18)25-17-9-3-1-4-10-17;/h1,3-6,9-12H,2,7-8,13-16H2,(H,21,23);1H. The summed E-state index contributed by atoms with van der Waals surface area (Å²) >= 11 is 0. The lowest BCUT2D eigenvalue weighted by atomic mass is 10.1. The van der Waals surface area contributed by atoms with Gasteiger partial charge in [0.2, 0.25) is 0 Å². The van der Waals surface area contributed by atoms with Crippen molar-refractivity contribution < 1.29 is 14.3 Å².